The first-order valence-electron chi connectivity index (χ1n) is 6.58. The third-order valence-corrected chi connectivity index (χ3v) is 2.83. The summed E-state index contributed by atoms with van der Waals surface area (Å²) in [5.74, 6) is -0.0803. The maximum absolute atomic E-state index is 9.84. The van der Waals surface area contributed by atoms with Crippen LogP contribution in [0.3, 0.4) is 0 Å². The molecule has 0 atom stereocenters. The summed E-state index contributed by atoms with van der Waals surface area (Å²) >= 11 is 0. The molecule has 0 radical (unpaired) electrons. The Morgan fingerprint density at radius 3 is 2.55 bits per heavy atom. The zero-order valence-corrected chi connectivity index (χ0v) is 12.3. The lowest BCUT2D eigenvalue weighted by molar-refractivity contribution is 0.0483. The Bertz CT molecular complexity index is 472. The van der Waals surface area contributed by atoms with Crippen LogP contribution in [0.1, 0.15) is 26.3 Å². The van der Waals surface area contributed by atoms with E-state index in [0.29, 0.717) is 19.8 Å². The lowest BCUT2D eigenvalue weighted by Gasteiger charge is -2.34. The molecule has 5 nitrogen and oxygen atoms in total. The number of aliphatic hydroxyl groups is 1. The van der Waals surface area contributed by atoms with Crippen LogP contribution in [-0.4, -0.2) is 28.7 Å². The van der Waals surface area contributed by atoms with E-state index in [1.807, 2.05) is 51.1 Å². The van der Waals surface area contributed by atoms with Gasteiger partial charge in [0.25, 0.3) is 5.88 Å². The van der Waals surface area contributed by atoms with Crippen molar-refractivity contribution >= 4 is 0 Å². The Labute approximate surface area is 120 Å². The van der Waals surface area contributed by atoms with E-state index in [2.05, 4.69) is 4.98 Å². The van der Waals surface area contributed by atoms with Gasteiger partial charge in [-0.2, -0.15) is 0 Å². The van der Waals surface area contributed by atoms with Crippen molar-refractivity contribution in [2.45, 2.75) is 32.9 Å². The van der Waals surface area contributed by atoms with Gasteiger partial charge in [-0.25, -0.2) is 0 Å². The van der Waals surface area contributed by atoms with E-state index >= 15 is 0 Å². The third-order valence-electron chi connectivity index (χ3n) is 2.83. The average Bonchev–Trinajstić information content (AvgIpc) is 2.38. The van der Waals surface area contributed by atoms with Gasteiger partial charge in [0, 0.05) is 12.1 Å². The number of hydrogen-bond acceptors (Lipinski definition) is 4. The largest absolute Gasteiger partial charge is 0.489 e. The minimum absolute atomic E-state index is 0.0803. The second-order valence-corrected chi connectivity index (χ2v) is 5.46. The van der Waals surface area contributed by atoms with Gasteiger partial charge in [0.15, 0.2) is 4.98 Å². The molecule has 0 saturated heterocycles. The predicted molar refractivity (Wildman–Crippen MR) is 78.4 cm³/mol. The molecule has 0 spiro atoms. The summed E-state index contributed by atoms with van der Waals surface area (Å²) in [6.07, 6.45) is 1.02. The lowest BCUT2D eigenvalue weighted by Crippen LogP contribution is -2.42. The molecule has 0 aliphatic carbocycles. The first-order valence-corrected chi connectivity index (χ1v) is 6.58. The van der Waals surface area contributed by atoms with Crippen molar-refractivity contribution in [2.75, 3.05) is 13.2 Å². The first kappa shape index (κ1) is 16.0. The van der Waals surface area contributed by atoms with Gasteiger partial charge in [-0.05, 0) is 26.3 Å². The van der Waals surface area contributed by atoms with E-state index in [0.717, 1.165) is 11.8 Å². The molecule has 0 bridgehead atoms. The fourth-order valence-electron chi connectivity index (χ4n) is 1.84. The standard InChI is InChI=1S/C15H21N3O2/c1-15(2,3)18(14(19)11-17-16)9-10-20-12-13-7-5-4-6-8-13/h4-8,11H,9-10,12H2,1-3H3/p+1/b14-11+. The van der Waals surface area contributed by atoms with Gasteiger partial charge >= 0.3 is 6.20 Å². The molecule has 0 fully saturated rings. The number of rotatable bonds is 6. The lowest BCUT2D eigenvalue weighted by atomic mass is 10.1. The molecule has 20 heavy (non-hydrogen) atoms. The van der Waals surface area contributed by atoms with Crippen LogP contribution in [0.15, 0.2) is 42.4 Å². The molecule has 0 aliphatic rings. The Kier molecular flexibility index (Phi) is 6.01. The Morgan fingerprint density at radius 1 is 1.35 bits per heavy atom. The molecule has 1 aromatic carbocycles. The predicted octanol–water partition coefficient (Wildman–Crippen LogP) is 3.51. The van der Waals surface area contributed by atoms with Crippen molar-refractivity contribution < 1.29 is 9.84 Å². The highest BCUT2D eigenvalue weighted by molar-refractivity contribution is 5.13. The molecule has 1 aromatic rings. The average molecular weight is 276 g/mol. The van der Waals surface area contributed by atoms with Crippen LogP contribution in [0, 0.1) is 5.39 Å². The summed E-state index contributed by atoms with van der Waals surface area (Å²) in [5.41, 5.74) is 0.821. The molecular weight excluding hydrogens is 254 g/mol. The van der Waals surface area contributed by atoms with Crippen molar-refractivity contribution in [1.29, 1.82) is 5.39 Å². The molecular formula is C15H22N3O2+. The van der Waals surface area contributed by atoms with Crippen LogP contribution in [0.5, 0.6) is 0 Å². The number of nitrogens with zero attached hydrogens (tertiary/aromatic N) is 3. The Morgan fingerprint density at radius 2 is 2.00 bits per heavy atom. The van der Waals surface area contributed by atoms with Gasteiger partial charge in [0.1, 0.15) is 0 Å². The zero-order valence-electron chi connectivity index (χ0n) is 12.3. The zero-order chi connectivity index (χ0) is 15.0. The molecule has 1 rings (SSSR count). The van der Waals surface area contributed by atoms with Gasteiger partial charge in [0.05, 0.1) is 13.2 Å². The number of diazo groups is 1. The SMILES string of the molecule is CC(C)(C)N(CCOCc1ccccc1)/C(O)=C\[N+]#N. The van der Waals surface area contributed by atoms with Gasteiger partial charge in [0.2, 0.25) is 5.39 Å². The second-order valence-electron chi connectivity index (χ2n) is 5.46. The minimum Gasteiger partial charge on any atom is -0.489 e. The molecule has 1 N–H and O–H groups in total. The summed E-state index contributed by atoms with van der Waals surface area (Å²) < 4.78 is 5.60. The molecule has 108 valence electrons. The van der Waals surface area contributed by atoms with Crippen molar-refractivity contribution in [3.63, 3.8) is 0 Å². The monoisotopic (exact) mass is 276 g/mol. The van der Waals surface area contributed by atoms with Crippen LogP contribution in [-0.2, 0) is 11.3 Å². The summed E-state index contributed by atoms with van der Waals surface area (Å²) in [5, 5.41) is 18.3. The van der Waals surface area contributed by atoms with Crippen LogP contribution < -0.4 is 0 Å². The fraction of sp³-hybridized carbons (Fsp3) is 0.467. The quantitative estimate of drug-likeness (QED) is 0.490. The fourth-order valence-corrected chi connectivity index (χ4v) is 1.84. The highest BCUT2D eigenvalue weighted by Gasteiger charge is 2.25. The minimum atomic E-state index is -0.290. The van der Waals surface area contributed by atoms with Crippen molar-refractivity contribution in [3.05, 3.63) is 53.0 Å². The Balaban J connectivity index is 2.48. The van der Waals surface area contributed by atoms with Crippen molar-refractivity contribution in [1.82, 2.24) is 4.90 Å². The number of benzene rings is 1. The highest BCUT2D eigenvalue weighted by Crippen LogP contribution is 2.17. The molecule has 0 unspecified atom stereocenters. The van der Waals surface area contributed by atoms with Gasteiger partial charge in [-0.15, -0.1) is 0 Å². The molecule has 0 aliphatic heterocycles. The molecule has 5 heteroatoms. The molecule has 0 saturated carbocycles. The smallest absolute Gasteiger partial charge is 0.409 e. The summed E-state index contributed by atoms with van der Waals surface area (Å²) in [6, 6.07) is 9.91. The molecule has 0 amide bonds. The topological polar surface area (TPSA) is 60.9 Å². The molecule has 0 aromatic heterocycles. The summed E-state index contributed by atoms with van der Waals surface area (Å²) in [6.45, 7) is 7.40. The van der Waals surface area contributed by atoms with Gasteiger partial charge in [-0.3, -0.25) is 0 Å². The summed E-state index contributed by atoms with van der Waals surface area (Å²) in [4.78, 5) is 4.57. The van der Waals surface area contributed by atoms with Crippen molar-refractivity contribution in [3.8, 4) is 0 Å². The van der Waals surface area contributed by atoms with Crippen molar-refractivity contribution in [2.24, 2.45) is 0 Å². The van der Waals surface area contributed by atoms with E-state index in [1.54, 1.807) is 4.90 Å². The Hall–Kier alpha value is -2.06. The van der Waals surface area contributed by atoms with Crippen LogP contribution in [0.4, 0.5) is 0 Å². The number of aliphatic hydroxyl groups excluding tert-OH is 1. The van der Waals surface area contributed by atoms with E-state index in [1.165, 1.54) is 0 Å². The third kappa shape index (κ3) is 5.29. The molecule has 0 heterocycles. The van der Waals surface area contributed by atoms with Crippen LogP contribution >= 0.6 is 0 Å². The van der Waals surface area contributed by atoms with Gasteiger partial charge < -0.3 is 14.7 Å². The van der Waals surface area contributed by atoms with E-state index in [4.69, 9.17) is 10.1 Å². The second kappa shape index (κ2) is 7.51. The maximum atomic E-state index is 9.84. The summed E-state index contributed by atoms with van der Waals surface area (Å²) in [7, 11) is 0. The first-order chi connectivity index (χ1) is 9.45. The van der Waals surface area contributed by atoms with Crippen LogP contribution in [0.2, 0.25) is 0 Å². The van der Waals surface area contributed by atoms with E-state index in [9.17, 15) is 5.11 Å². The van der Waals surface area contributed by atoms with E-state index < -0.39 is 0 Å². The number of hydrogen-bond donors (Lipinski definition) is 1. The normalized spacial score (nSPS) is 12.0. The number of ether oxygens (including phenoxy) is 1. The highest BCUT2D eigenvalue weighted by atomic mass is 16.5. The van der Waals surface area contributed by atoms with E-state index in [-0.39, 0.29) is 11.4 Å². The maximum Gasteiger partial charge on any atom is 0.409 e. The van der Waals surface area contributed by atoms with Gasteiger partial charge in [-0.1, -0.05) is 30.3 Å². The van der Waals surface area contributed by atoms with Crippen LogP contribution in [0.25, 0.3) is 4.98 Å².